The van der Waals surface area contributed by atoms with Gasteiger partial charge in [0.2, 0.25) is 5.89 Å². The second-order valence-corrected chi connectivity index (χ2v) is 6.36. The highest BCUT2D eigenvalue weighted by Crippen LogP contribution is 2.26. The molecule has 0 bridgehead atoms. The number of rotatable bonds is 7. The van der Waals surface area contributed by atoms with E-state index in [1.807, 2.05) is 36.4 Å². The first-order valence-electron chi connectivity index (χ1n) is 9.20. The van der Waals surface area contributed by atoms with E-state index in [2.05, 4.69) is 44.8 Å². The average Bonchev–Trinajstić information content (AvgIpc) is 3.11. The molecule has 0 atom stereocenters. The summed E-state index contributed by atoms with van der Waals surface area (Å²) in [5.74, 6) is 3.59. The van der Waals surface area contributed by atoms with Gasteiger partial charge in [0.25, 0.3) is 0 Å². The fraction of sp³-hybridized carbons (Fsp3) is 0.286. The fourth-order valence-electron chi connectivity index (χ4n) is 2.65. The van der Waals surface area contributed by atoms with E-state index in [1.54, 1.807) is 14.0 Å². The summed E-state index contributed by atoms with van der Waals surface area (Å²) >= 11 is 0. The smallest absolute Gasteiger partial charge is 0.228 e. The molecule has 0 saturated carbocycles. The Labute approximate surface area is 188 Å². The maximum atomic E-state index is 6.07. The maximum Gasteiger partial charge on any atom is 0.228 e. The van der Waals surface area contributed by atoms with Gasteiger partial charge in [-0.15, -0.1) is 24.0 Å². The molecule has 3 aromatic rings. The summed E-state index contributed by atoms with van der Waals surface area (Å²) in [6, 6.07) is 15.9. The number of nitrogens with zero attached hydrogens (tertiary/aromatic N) is 3. The zero-order valence-electron chi connectivity index (χ0n) is 16.8. The van der Waals surface area contributed by atoms with Crippen LogP contribution in [0.5, 0.6) is 11.5 Å². The summed E-state index contributed by atoms with van der Waals surface area (Å²) in [5.41, 5.74) is 2.19. The number of ether oxygens (including phenoxy) is 1. The van der Waals surface area contributed by atoms with Gasteiger partial charge in [0, 0.05) is 32.1 Å². The second-order valence-electron chi connectivity index (χ2n) is 6.36. The highest BCUT2D eigenvalue weighted by atomic mass is 127. The van der Waals surface area contributed by atoms with Crippen LogP contribution in [0.4, 0.5) is 0 Å². The van der Waals surface area contributed by atoms with Crippen molar-refractivity contribution in [1.29, 1.82) is 0 Å². The van der Waals surface area contributed by atoms with Crippen molar-refractivity contribution in [3.63, 3.8) is 0 Å². The van der Waals surface area contributed by atoms with Gasteiger partial charge >= 0.3 is 0 Å². The predicted octanol–water partition coefficient (Wildman–Crippen LogP) is 4.00. The van der Waals surface area contributed by atoms with Crippen LogP contribution in [0.2, 0.25) is 0 Å². The summed E-state index contributed by atoms with van der Waals surface area (Å²) < 4.78 is 11.2. The number of halogens is 1. The van der Waals surface area contributed by atoms with Crippen LogP contribution in [-0.4, -0.2) is 29.7 Å². The third-order valence-corrected chi connectivity index (χ3v) is 4.06. The Balaban J connectivity index is 0.00000300. The second kappa shape index (κ2) is 11.4. The number of para-hydroxylation sites is 1. The number of hydrogen-bond donors (Lipinski definition) is 2. The van der Waals surface area contributed by atoms with Crippen LogP contribution in [0.25, 0.3) is 0 Å². The third kappa shape index (κ3) is 7.04. The molecule has 0 aliphatic heterocycles. The minimum Gasteiger partial charge on any atom is -0.457 e. The summed E-state index contributed by atoms with van der Waals surface area (Å²) in [4.78, 5) is 8.45. The van der Waals surface area contributed by atoms with E-state index in [0.29, 0.717) is 37.2 Å². The van der Waals surface area contributed by atoms with Gasteiger partial charge in [0.1, 0.15) is 11.5 Å². The zero-order valence-corrected chi connectivity index (χ0v) is 19.1. The molecule has 154 valence electrons. The number of aromatic nitrogens is 2. The number of guanidine groups is 1. The van der Waals surface area contributed by atoms with Crippen molar-refractivity contribution < 1.29 is 9.26 Å². The lowest BCUT2D eigenvalue weighted by Crippen LogP contribution is -2.37. The topological polar surface area (TPSA) is 84.6 Å². The van der Waals surface area contributed by atoms with Crippen LogP contribution in [0.3, 0.4) is 0 Å². The molecule has 0 aliphatic rings. The zero-order chi connectivity index (χ0) is 19.8. The largest absolute Gasteiger partial charge is 0.457 e. The van der Waals surface area contributed by atoms with Gasteiger partial charge in [0.05, 0.1) is 0 Å². The minimum absolute atomic E-state index is 0. The van der Waals surface area contributed by atoms with Gasteiger partial charge in [-0.05, 0) is 37.6 Å². The van der Waals surface area contributed by atoms with Crippen molar-refractivity contribution in [3.05, 3.63) is 71.4 Å². The van der Waals surface area contributed by atoms with Crippen molar-refractivity contribution in [2.24, 2.45) is 4.99 Å². The Morgan fingerprint density at radius 3 is 2.59 bits per heavy atom. The SMILES string of the molecule is CN=C(NCCc1nc(C)no1)NCc1ccc(C)cc1Oc1ccccc1.I. The number of benzene rings is 2. The molecule has 2 N–H and O–H groups in total. The van der Waals surface area contributed by atoms with E-state index in [9.17, 15) is 0 Å². The number of aryl methyl sites for hydroxylation is 2. The van der Waals surface area contributed by atoms with Crippen molar-refractivity contribution in [2.45, 2.75) is 26.8 Å². The first kappa shape index (κ1) is 22.7. The molecule has 1 aromatic heterocycles. The monoisotopic (exact) mass is 507 g/mol. The fourth-order valence-corrected chi connectivity index (χ4v) is 2.65. The Kier molecular flexibility index (Phi) is 8.91. The summed E-state index contributed by atoms with van der Waals surface area (Å²) in [7, 11) is 1.74. The summed E-state index contributed by atoms with van der Waals surface area (Å²) in [6.45, 7) is 5.08. The molecular weight excluding hydrogens is 481 g/mol. The Morgan fingerprint density at radius 2 is 1.90 bits per heavy atom. The lowest BCUT2D eigenvalue weighted by atomic mass is 10.1. The first-order chi connectivity index (χ1) is 13.6. The molecule has 0 unspecified atom stereocenters. The van der Waals surface area contributed by atoms with E-state index < -0.39 is 0 Å². The van der Waals surface area contributed by atoms with Crippen LogP contribution < -0.4 is 15.4 Å². The molecular formula is C21H26IN5O2. The molecule has 0 aliphatic carbocycles. The van der Waals surface area contributed by atoms with Crippen LogP contribution in [0.1, 0.15) is 22.8 Å². The van der Waals surface area contributed by atoms with E-state index in [1.165, 1.54) is 0 Å². The molecule has 8 heteroatoms. The van der Waals surface area contributed by atoms with Crippen molar-refractivity contribution in [3.8, 4) is 11.5 Å². The van der Waals surface area contributed by atoms with Gasteiger partial charge in [-0.25, -0.2) is 0 Å². The van der Waals surface area contributed by atoms with Gasteiger partial charge in [0.15, 0.2) is 11.8 Å². The summed E-state index contributed by atoms with van der Waals surface area (Å²) in [5, 5.41) is 10.4. The molecule has 0 amide bonds. The lowest BCUT2D eigenvalue weighted by molar-refractivity contribution is 0.374. The molecule has 29 heavy (non-hydrogen) atoms. The van der Waals surface area contributed by atoms with E-state index in [-0.39, 0.29) is 24.0 Å². The third-order valence-electron chi connectivity index (χ3n) is 4.06. The van der Waals surface area contributed by atoms with E-state index in [4.69, 9.17) is 9.26 Å². The highest BCUT2D eigenvalue weighted by Gasteiger charge is 2.08. The molecule has 0 spiro atoms. The predicted molar refractivity (Wildman–Crippen MR) is 124 cm³/mol. The highest BCUT2D eigenvalue weighted by molar-refractivity contribution is 14.0. The average molecular weight is 507 g/mol. The van der Waals surface area contributed by atoms with Gasteiger partial charge in [-0.2, -0.15) is 4.98 Å². The maximum absolute atomic E-state index is 6.07. The molecule has 0 fully saturated rings. The number of hydrogen-bond acceptors (Lipinski definition) is 5. The Morgan fingerprint density at radius 1 is 1.10 bits per heavy atom. The molecule has 0 radical (unpaired) electrons. The van der Waals surface area contributed by atoms with Crippen LogP contribution in [0.15, 0.2) is 58.0 Å². The Hall–Kier alpha value is -2.62. The molecule has 2 aromatic carbocycles. The number of aliphatic imine (C=N–C) groups is 1. The molecule has 0 saturated heterocycles. The van der Waals surface area contributed by atoms with E-state index in [0.717, 1.165) is 22.6 Å². The van der Waals surface area contributed by atoms with Crippen molar-refractivity contribution >= 4 is 29.9 Å². The Bertz CT molecular complexity index is 928. The lowest BCUT2D eigenvalue weighted by Gasteiger charge is -2.15. The summed E-state index contributed by atoms with van der Waals surface area (Å²) in [6.07, 6.45) is 0.633. The van der Waals surface area contributed by atoms with Crippen LogP contribution >= 0.6 is 24.0 Å². The minimum atomic E-state index is 0. The van der Waals surface area contributed by atoms with Crippen LogP contribution in [0, 0.1) is 13.8 Å². The van der Waals surface area contributed by atoms with Gasteiger partial charge < -0.3 is 19.9 Å². The normalized spacial score (nSPS) is 10.9. The molecule has 1 heterocycles. The standard InChI is InChI=1S/C21H25N5O2.HI/c1-15-9-10-17(19(13-15)27-18-7-5-4-6-8-18)14-24-21(22-3)23-12-11-20-25-16(2)26-28-20;/h4-10,13H,11-12,14H2,1-3H3,(H2,22,23,24);1H. The van der Waals surface area contributed by atoms with Gasteiger partial charge in [-0.1, -0.05) is 35.5 Å². The van der Waals surface area contributed by atoms with Crippen molar-refractivity contribution in [2.75, 3.05) is 13.6 Å². The quantitative estimate of drug-likeness (QED) is 0.286. The first-order valence-corrected chi connectivity index (χ1v) is 9.20. The molecule has 3 rings (SSSR count). The number of nitrogens with one attached hydrogen (secondary N) is 2. The van der Waals surface area contributed by atoms with Crippen molar-refractivity contribution in [1.82, 2.24) is 20.8 Å². The molecule has 7 nitrogen and oxygen atoms in total. The van der Waals surface area contributed by atoms with Gasteiger partial charge in [-0.3, -0.25) is 4.99 Å². The van der Waals surface area contributed by atoms with Crippen LogP contribution in [-0.2, 0) is 13.0 Å². The van der Waals surface area contributed by atoms with E-state index >= 15 is 0 Å².